The van der Waals surface area contributed by atoms with Crippen molar-refractivity contribution in [1.29, 1.82) is 0 Å². The molecule has 2 N–H and O–H groups in total. The van der Waals surface area contributed by atoms with Gasteiger partial charge >= 0.3 is 0 Å². The van der Waals surface area contributed by atoms with Gasteiger partial charge in [-0.1, -0.05) is 19.9 Å². The minimum atomic E-state index is -0.440. The molecule has 1 aromatic rings. The molecule has 0 aliphatic rings. The fourth-order valence-corrected chi connectivity index (χ4v) is 1.31. The van der Waals surface area contributed by atoms with Crippen molar-refractivity contribution in [2.45, 2.75) is 26.2 Å². The van der Waals surface area contributed by atoms with Crippen molar-refractivity contribution in [3.05, 3.63) is 35.1 Å². The predicted molar refractivity (Wildman–Crippen MR) is 53.4 cm³/mol. The van der Waals surface area contributed by atoms with Gasteiger partial charge in [0.15, 0.2) is 0 Å². The van der Waals surface area contributed by atoms with Gasteiger partial charge in [-0.2, -0.15) is 0 Å². The molecule has 0 fully saturated rings. The van der Waals surface area contributed by atoms with Gasteiger partial charge in [0.2, 0.25) is 5.91 Å². The fraction of sp³-hybridized carbons (Fsp3) is 0.364. The number of benzene rings is 1. The first-order valence-corrected chi connectivity index (χ1v) is 4.56. The lowest BCUT2D eigenvalue weighted by Gasteiger charge is -2.07. The quantitative estimate of drug-likeness (QED) is 0.787. The lowest BCUT2D eigenvalue weighted by atomic mass is 9.99. The summed E-state index contributed by atoms with van der Waals surface area (Å²) >= 11 is 0. The molecular formula is C11H14FNO. The number of carbonyl (C=O) groups is 1. The van der Waals surface area contributed by atoms with Crippen molar-refractivity contribution >= 4 is 5.91 Å². The monoisotopic (exact) mass is 195 g/mol. The zero-order valence-electron chi connectivity index (χ0n) is 8.38. The molecule has 0 atom stereocenters. The molecule has 1 rings (SSSR count). The molecule has 0 unspecified atom stereocenters. The standard InChI is InChI=1S/C11H14FNO/c1-7(2)9-3-8(5-11(13)14)4-10(12)6-9/h3-4,6-7H,5H2,1-2H3,(H2,13,14). The average Bonchev–Trinajstić information content (AvgIpc) is 2.01. The largest absolute Gasteiger partial charge is 0.369 e. The SMILES string of the molecule is CC(C)c1cc(F)cc(CC(N)=O)c1. The number of nitrogens with two attached hydrogens (primary N) is 1. The summed E-state index contributed by atoms with van der Waals surface area (Å²) in [6.45, 7) is 3.95. The Kier molecular flexibility index (Phi) is 3.23. The topological polar surface area (TPSA) is 43.1 Å². The summed E-state index contributed by atoms with van der Waals surface area (Å²) in [5, 5.41) is 0. The van der Waals surface area contributed by atoms with Crippen LogP contribution in [0.25, 0.3) is 0 Å². The number of hydrogen-bond donors (Lipinski definition) is 1. The van der Waals surface area contributed by atoms with Gasteiger partial charge < -0.3 is 5.73 Å². The Bertz CT molecular complexity index is 347. The van der Waals surface area contributed by atoms with Crippen molar-refractivity contribution < 1.29 is 9.18 Å². The first-order chi connectivity index (χ1) is 6.49. The molecule has 0 aliphatic heterocycles. The second kappa shape index (κ2) is 4.22. The molecule has 0 heterocycles. The summed E-state index contributed by atoms with van der Waals surface area (Å²) in [5.41, 5.74) is 6.57. The van der Waals surface area contributed by atoms with E-state index in [4.69, 9.17) is 5.73 Å². The van der Waals surface area contributed by atoms with Gasteiger partial charge in [0, 0.05) is 0 Å². The second-order valence-corrected chi connectivity index (χ2v) is 3.69. The van der Waals surface area contributed by atoms with Gasteiger partial charge in [-0.25, -0.2) is 4.39 Å². The number of hydrogen-bond acceptors (Lipinski definition) is 1. The molecular weight excluding hydrogens is 181 g/mol. The zero-order valence-corrected chi connectivity index (χ0v) is 8.38. The van der Waals surface area contributed by atoms with Crippen LogP contribution in [0.15, 0.2) is 18.2 Å². The smallest absolute Gasteiger partial charge is 0.221 e. The van der Waals surface area contributed by atoms with Crippen LogP contribution in [0.1, 0.15) is 30.9 Å². The number of carbonyl (C=O) groups excluding carboxylic acids is 1. The summed E-state index contributed by atoms with van der Waals surface area (Å²) in [5.74, 6) is -0.505. The van der Waals surface area contributed by atoms with Crippen molar-refractivity contribution in [1.82, 2.24) is 0 Å². The summed E-state index contributed by atoms with van der Waals surface area (Å²) in [6.07, 6.45) is 0.0947. The molecule has 1 amide bonds. The van der Waals surface area contributed by atoms with Crippen molar-refractivity contribution in [2.24, 2.45) is 5.73 Å². The van der Waals surface area contributed by atoms with Crippen LogP contribution >= 0.6 is 0 Å². The summed E-state index contributed by atoms with van der Waals surface area (Å²) in [6, 6.07) is 4.64. The molecule has 0 aliphatic carbocycles. The van der Waals surface area contributed by atoms with E-state index in [1.54, 1.807) is 0 Å². The lowest BCUT2D eigenvalue weighted by molar-refractivity contribution is -0.117. The molecule has 14 heavy (non-hydrogen) atoms. The highest BCUT2D eigenvalue weighted by molar-refractivity contribution is 5.76. The minimum Gasteiger partial charge on any atom is -0.369 e. The van der Waals surface area contributed by atoms with Gasteiger partial charge in [0.1, 0.15) is 5.82 Å². The molecule has 0 saturated carbocycles. The van der Waals surface area contributed by atoms with Crippen LogP contribution < -0.4 is 5.73 Å². The third kappa shape index (κ3) is 2.83. The third-order valence-corrected chi connectivity index (χ3v) is 2.02. The average molecular weight is 195 g/mol. The molecule has 3 heteroatoms. The predicted octanol–water partition coefficient (Wildman–Crippen LogP) is 1.98. The van der Waals surface area contributed by atoms with E-state index < -0.39 is 5.91 Å². The van der Waals surface area contributed by atoms with E-state index in [0.717, 1.165) is 5.56 Å². The van der Waals surface area contributed by atoms with E-state index in [9.17, 15) is 9.18 Å². The molecule has 0 spiro atoms. The van der Waals surface area contributed by atoms with Crippen LogP contribution in [0.5, 0.6) is 0 Å². The van der Waals surface area contributed by atoms with E-state index in [1.807, 2.05) is 19.9 Å². The zero-order chi connectivity index (χ0) is 10.7. The van der Waals surface area contributed by atoms with Crippen LogP contribution in [-0.2, 0) is 11.2 Å². The molecule has 76 valence electrons. The highest BCUT2D eigenvalue weighted by atomic mass is 19.1. The van der Waals surface area contributed by atoms with E-state index in [-0.39, 0.29) is 18.2 Å². The summed E-state index contributed by atoms with van der Waals surface area (Å²) in [7, 11) is 0. The summed E-state index contributed by atoms with van der Waals surface area (Å²) in [4.78, 5) is 10.7. The summed E-state index contributed by atoms with van der Waals surface area (Å²) < 4.78 is 13.1. The van der Waals surface area contributed by atoms with Crippen molar-refractivity contribution in [3.63, 3.8) is 0 Å². The fourth-order valence-electron chi connectivity index (χ4n) is 1.31. The molecule has 0 bridgehead atoms. The number of rotatable bonds is 3. The Hall–Kier alpha value is -1.38. The van der Waals surface area contributed by atoms with E-state index in [2.05, 4.69) is 0 Å². The van der Waals surface area contributed by atoms with Gasteiger partial charge in [-0.15, -0.1) is 0 Å². The lowest BCUT2D eigenvalue weighted by Crippen LogP contribution is -2.14. The van der Waals surface area contributed by atoms with Gasteiger partial charge in [0.25, 0.3) is 0 Å². The van der Waals surface area contributed by atoms with Crippen molar-refractivity contribution in [2.75, 3.05) is 0 Å². The number of primary amides is 1. The maximum absolute atomic E-state index is 13.1. The molecule has 0 aromatic heterocycles. The maximum Gasteiger partial charge on any atom is 0.221 e. The first kappa shape index (κ1) is 10.7. The Morgan fingerprint density at radius 1 is 1.43 bits per heavy atom. The van der Waals surface area contributed by atoms with Crippen LogP contribution in [0.2, 0.25) is 0 Å². The third-order valence-electron chi connectivity index (χ3n) is 2.02. The van der Waals surface area contributed by atoms with Crippen LogP contribution in [0.3, 0.4) is 0 Å². The first-order valence-electron chi connectivity index (χ1n) is 4.56. The second-order valence-electron chi connectivity index (χ2n) is 3.69. The highest BCUT2D eigenvalue weighted by Gasteiger charge is 2.06. The molecule has 0 radical (unpaired) electrons. The maximum atomic E-state index is 13.1. The highest BCUT2D eigenvalue weighted by Crippen LogP contribution is 2.18. The molecule has 0 saturated heterocycles. The molecule has 1 aromatic carbocycles. The van der Waals surface area contributed by atoms with Crippen molar-refractivity contribution in [3.8, 4) is 0 Å². The minimum absolute atomic E-state index is 0.0947. The van der Waals surface area contributed by atoms with Crippen LogP contribution in [0, 0.1) is 5.82 Å². The van der Waals surface area contributed by atoms with Crippen LogP contribution in [0.4, 0.5) is 4.39 Å². The Morgan fingerprint density at radius 2 is 2.07 bits per heavy atom. The normalized spacial score (nSPS) is 10.6. The van der Waals surface area contributed by atoms with E-state index in [0.29, 0.717) is 5.56 Å². The van der Waals surface area contributed by atoms with Gasteiger partial charge in [-0.05, 0) is 29.2 Å². The number of amides is 1. The molecule has 2 nitrogen and oxygen atoms in total. The van der Waals surface area contributed by atoms with Gasteiger partial charge in [0.05, 0.1) is 6.42 Å². The Balaban J connectivity index is 3.01. The Labute approximate surface area is 82.9 Å². The van der Waals surface area contributed by atoms with E-state index in [1.165, 1.54) is 12.1 Å². The number of halogens is 1. The van der Waals surface area contributed by atoms with Crippen LogP contribution in [-0.4, -0.2) is 5.91 Å². The van der Waals surface area contributed by atoms with E-state index >= 15 is 0 Å². The van der Waals surface area contributed by atoms with Gasteiger partial charge in [-0.3, -0.25) is 4.79 Å². The Morgan fingerprint density at radius 3 is 2.57 bits per heavy atom.